The highest BCUT2D eigenvalue weighted by atomic mass is 16.4. The van der Waals surface area contributed by atoms with E-state index in [0.29, 0.717) is 19.6 Å². The predicted octanol–water partition coefficient (Wildman–Crippen LogP) is -0.494. The molecule has 1 heterocycles. The number of piperazine rings is 1. The van der Waals surface area contributed by atoms with E-state index in [9.17, 15) is 9.59 Å². The topological polar surface area (TPSA) is 81.7 Å². The Morgan fingerprint density at radius 1 is 1.50 bits per heavy atom. The van der Waals surface area contributed by atoms with E-state index < -0.39 is 11.9 Å². The summed E-state index contributed by atoms with van der Waals surface area (Å²) in [6.07, 6.45) is 0. The first-order chi connectivity index (χ1) is 8.49. The van der Waals surface area contributed by atoms with E-state index in [0.717, 1.165) is 6.54 Å². The second-order valence-electron chi connectivity index (χ2n) is 4.72. The van der Waals surface area contributed by atoms with E-state index in [1.54, 1.807) is 6.92 Å². The molecule has 0 aromatic carbocycles. The van der Waals surface area contributed by atoms with Crippen LogP contribution < -0.4 is 10.6 Å². The van der Waals surface area contributed by atoms with Crippen molar-refractivity contribution in [3.8, 4) is 0 Å². The lowest BCUT2D eigenvalue weighted by Gasteiger charge is -2.40. The summed E-state index contributed by atoms with van der Waals surface area (Å²) >= 11 is 0. The molecule has 6 heteroatoms. The SMILES string of the molecule is CCNC(=O)C1CNCCN1C(C)C(C)C(=O)O. The Bertz CT molecular complexity index is 309. The molecule has 1 aliphatic rings. The van der Waals surface area contributed by atoms with E-state index in [4.69, 9.17) is 5.11 Å². The molecule has 0 bridgehead atoms. The number of likely N-dealkylation sites (N-methyl/N-ethyl adjacent to an activating group) is 1. The van der Waals surface area contributed by atoms with Gasteiger partial charge in [-0.15, -0.1) is 0 Å². The van der Waals surface area contributed by atoms with Crippen LogP contribution in [-0.2, 0) is 9.59 Å². The predicted molar refractivity (Wildman–Crippen MR) is 68.3 cm³/mol. The quantitative estimate of drug-likeness (QED) is 0.619. The number of amides is 1. The summed E-state index contributed by atoms with van der Waals surface area (Å²) in [5.41, 5.74) is 0. The fraction of sp³-hybridized carbons (Fsp3) is 0.833. The first kappa shape index (κ1) is 14.9. The molecule has 1 amide bonds. The van der Waals surface area contributed by atoms with Crippen LogP contribution in [0.2, 0.25) is 0 Å². The first-order valence-corrected chi connectivity index (χ1v) is 6.46. The molecule has 1 rings (SSSR count). The van der Waals surface area contributed by atoms with Crippen LogP contribution in [0.15, 0.2) is 0 Å². The van der Waals surface area contributed by atoms with Crippen molar-refractivity contribution in [1.29, 1.82) is 0 Å². The lowest BCUT2D eigenvalue weighted by Crippen LogP contribution is -2.61. The van der Waals surface area contributed by atoms with Gasteiger partial charge in [0.25, 0.3) is 0 Å². The number of nitrogens with zero attached hydrogens (tertiary/aromatic N) is 1. The Kier molecular flexibility index (Phi) is 5.55. The summed E-state index contributed by atoms with van der Waals surface area (Å²) in [4.78, 5) is 25.0. The fourth-order valence-corrected chi connectivity index (χ4v) is 2.24. The summed E-state index contributed by atoms with van der Waals surface area (Å²) in [5.74, 6) is -1.34. The number of aliphatic carboxylic acids is 1. The van der Waals surface area contributed by atoms with E-state index in [2.05, 4.69) is 10.6 Å². The molecular formula is C12H23N3O3. The Morgan fingerprint density at radius 2 is 2.17 bits per heavy atom. The summed E-state index contributed by atoms with van der Waals surface area (Å²) in [7, 11) is 0. The molecule has 0 radical (unpaired) electrons. The van der Waals surface area contributed by atoms with Crippen molar-refractivity contribution in [2.45, 2.75) is 32.9 Å². The average molecular weight is 257 g/mol. The lowest BCUT2D eigenvalue weighted by molar-refractivity contribution is -0.145. The zero-order valence-electron chi connectivity index (χ0n) is 11.3. The zero-order valence-corrected chi connectivity index (χ0v) is 11.3. The van der Waals surface area contributed by atoms with Crippen molar-refractivity contribution in [3.05, 3.63) is 0 Å². The van der Waals surface area contributed by atoms with Gasteiger partial charge >= 0.3 is 5.97 Å². The standard InChI is InChI=1S/C12H23N3O3/c1-4-14-11(16)10-7-13-5-6-15(10)9(3)8(2)12(17)18/h8-10,13H,4-7H2,1-3H3,(H,14,16)(H,17,18). The van der Waals surface area contributed by atoms with Crippen LogP contribution in [0.5, 0.6) is 0 Å². The minimum atomic E-state index is -0.823. The largest absolute Gasteiger partial charge is 0.481 e. The number of carbonyl (C=O) groups is 2. The van der Waals surface area contributed by atoms with Gasteiger partial charge in [0.2, 0.25) is 5.91 Å². The Morgan fingerprint density at radius 3 is 2.72 bits per heavy atom. The van der Waals surface area contributed by atoms with Crippen LogP contribution in [0.3, 0.4) is 0 Å². The van der Waals surface area contributed by atoms with Crippen molar-refractivity contribution in [1.82, 2.24) is 15.5 Å². The molecule has 104 valence electrons. The van der Waals surface area contributed by atoms with E-state index >= 15 is 0 Å². The average Bonchev–Trinajstić information content (AvgIpc) is 2.37. The molecule has 1 aliphatic heterocycles. The molecule has 0 saturated carbocycles. The van der Waals surface area contributed by atoms with Gasteiger partial charge < -0.3 is 15.7 Å². The summed E-state index contributed by atoms with van der Waals surface area (Å²) in [5, 5.41) is 15.0. The summed E-state index contributed by atoms with van der Waals surface area (Å²) in [6.45, 7) is 8.07. The Labute approximate surface area is 108 Å². The minimum absolute atomic E-state index is 0.0332. The summed E-state index contributed by atoms with van der Waals surface area (Å²) in [6, 6.07) is -0.437. The number of hydrogen-bond donors (Lipinski definition) is 3. The van der Waals surface area contributed by atoms with Gasteiger partial charge in [-0.05, 0) is 13.8 Å². The van der Waals surface area contributed by atoms with Gasteiger partial charge in [-0.1, -0.05) is 6.92 Å². The number of carboxylic acid groups (broad SMARTS) is 1. The molecule has 1 fully saturated rings. The van der Waals surface area contributed by atoms with Gasteiger partial charge in [-0.2, -0.15) is 0 Å². The summed E-state index contributed by atoms with van der Waals surface area (Å²) < 4.78 is 0. The van der Waals surface area contributed by atoms with Gasteiger partial charge in [0.05, 0.1) is 5.92 Å². The monoisotopic (exact) mass is 257 g/mol. The molecule has 18 heavy (non-hydrogen) atoms. The Hall–Kier alpha value is -1.14. The molecule has 0 aromatic rings. The molecule has 1 saturated heterocycles. The highest BCUT2D eigenvalue weighted by molar-refractivity contribution is 5.82. The van der Waals surface area contributed by atoms with Crippen LogP contribution in [0.25, 0.3) is 0 Å². The van der Waals surface area contributed by atoms with Gasteiger partial charge in [0, 0.05) is 32.2 Å². The van der Waals surface area contributed by atoms with Gasteiger partial charge in [-0.25, -0.2) is 0 Å². The molecule has 0 aromatic heterocycles. The number of nitrogens with one attached hydrogen (secondary N) is 2. The highest BCUT2D eigenvalue weighted by Crippen LogP contribution is 2.16. The number of carboxylic acids is 1. The number of carbonyl (C=O) groups excluding carboxylic acids is 1. The zero-order chi connectivity index (χ0) is 13.7. The fourth-order valence-electron chi connectivity index (χ4n) is 2.24. The minimum Gasteiger partial charge on any atom is -0.481 e. The highest BCUT2D eigenvalue weighted by Gasteiger charge is 2.35. The molecule has 3 atom stereocenters. The molecule has 0 aliphatic carbocycles. The third-order valence-electron chi connectivity index (χ3n) is 3.57. The van der Waals surface area contributed by atoms with Crippen LogP contribution in [-0.4, -0.2) is 60.1 Å². The van der Waals surface area contributed by atoms with Crippen molar-refractivity contribution in [3.63, 3.8) is 0 Å². The first-order valence-electron chi connectivity index (χ1n) is 6.46. The third-order valence-corrected chi connectivity index (χ3v) is 3.57. The molecular weight excluding hydrogens is 234 g/mol. The van der Waals surface area contributed by atoms with Crippen LogP contribution in [0.1, 0.15) is 20.8 Å². The van der Waals surface area contributed by atoms with Crippen LogP contribution >= 0.6 is 0 Å². The molecule has 3 N–H and O–H groups in total. The molecule has 3 unspecified atom stereocenters. The van der Waals surface area contributed by atoms with Gasteiger partial charge in [0.1, 0.15) is 6.04 Å². The number of hydrogen-bond acceptors (Lipinski definition) is 4. The Balaban J connectivity index is 2.75. The third kappa shape index (κ3) is 3.43. The van der Waals surface area contributed by atoms with E-state index in [-0.39, 0.29) is 18.0 Å². The number of rotatable bonds is 5. The van der Waals surface area contributed by atoms with Crippen molar-refractivity contribution in [2.75, 3.05) is 26.2 Å². The second-order valence-corrected chi connectivity index (χ2v) is 4.72. The lowest BCUT2D eigenvalue weighted by atomic mass is 9.99. The van der Waals surface area contributed by atoms with E-state index in [1.165, 1.54) is 0 Å². The maximum atomic E-state index is 12.0. The maximum Gasteiger partial charge on any atom is 0.307 e. The molecule has 6 nitrogen and oxygen atoms in total. The van der Waals surface area contributed by atoms with Gasteiger partial charge in [0.15, 0.2) is 0 Å². The van der Waals surface area contributed by atoms with Crippen molar-refractivity contribution in [2.24, 2.45) is 5.92 Å². The maximum absolute atomic E-state index is 12.0. The van der Waals surface area contributed by atoms with Crippen LogP contribution in [0.4, 0.5) is 0 Å². The van der Waals surface area contributed by atoms with E-state index in [1.807, 2.05) is 18.7 Å². The van der Waals surface area contributed by atoms with Crippen LogP contribution in [0, 0.1) is 5.92 Å². The van der Waals surface area contributed by atoms with Crippen molar-refractivity contribution < 1.29 is 14.7 Å². The molecule has 0 spiro atoms. The van der Waals surface area contributed by atoms with Gasteiger partial charge in [-0.3, -0.25) is 14.5 Å². The smallest absolute Gasteiger partial charge is 0.307 e. The second kappa shape index (κ2) is 6.70. The van der Waals surface area contributed by atoms with Crippen molar-refractivity contribution >= 4 is 11.9 Å². The normalized spacial score (nSPS) is 24.3.